The normalized spacial score (nSPS) is 18.3. The van der Waals surface area contributed by atoms with Crippen molar-refractivity contribution < 1.29 is 28.6 Å². The lowest BCUT2D eigenvalue weighted by molar-refractivity contribution is -0.146. The largest absolute Gasteiger partial charge is 0.444 e. The number of hydrogen-bond donors (Lipinski definition) is 2. The number of nitrogens with zero attached hydrogens (tertiary/aromatic N) is 1. The van der Waals surface area contributed by atoms with Gasteiger partial charge in [0.25, 0.3) is 5.91 Å². The molecule has 2 rings (SSSR count). The van der Waals surface area contributed by atoms with Crippen LogP contribution in [0.2, 0.25) is 0 Å². The molecule has 8 heteroatoms. The van der Waals surface area contributed by atoms with Crippen LogP contribution in [0.5, 0.6) is 0 Å². The van der Waals surface area contributed by atoms with E-state index in [4.69, 9.17) is 9.47 Å². The number of methoxy groups -OCH3 is 1. The first-order valence-corrected chi connectivity index (χ1v) is 8.69. The molecule has 1 aliphatic heterocycles. The van der Waals surface area contributed by atoms with Crippen molar-refractivity contribution in [2.75, 3.05) is 26.7 Å². The van der Waals surface area contributed by atoms with E-state index >= 15 is 0 Å². The Kier molecular flexibility index (Phi) is 5.82. The molecule has 1 saturated heterocycles. The lowest BCUT2D eigenvalue weighted by Crippen LogP contribution is -2.68. The highest BCUT2D eigenvalue weighted by molar-refractivity contribution is 5.86. The van der Waals surface area contributed by atoms with Crippen molar-refractivity contribution in [3.05, 3.63) is 35.6 Å². The van der Waals surface area contributed by atoms with E-state index < -0.39 is 34.6 Å². The molecule has 1 unspecified atom stereocenters. The fourth-order valence-electron chi connectivity index (χ4n) is 2.82. The van der Waals surface area contributed by atoms with Crippen LogP contribution in [0, 0.1) is 5.82 Å². The molecule has 1 aromatic rings. The molecule has 7 nitrogen and oxygen atoms in total. The Morgan fingerprint density at radius 3 is 2.37 bits per heavy atom. The van der Waals surface area contributed by atoms with Gasteiger partial charge in [-0.25, -0.2) is 9.18 Å². The van der Waals surface area contributed by atoms with E-state index in [0.29, 0.717) is 0 Å². The Labute approximate surface area is 158 Å². The van der Waals surface area contributed by atoms with Crippen LogP contribution in [0.25, 0.3) is 0 Å². The average Bonchev–Trinajstić information content (AvgIpc) is 2.55. The van der Waals surface area contributed by atoms with E-state index in [9.17, 15) is 19.1 Å². The van der Waals surface area contributed by atoms with Crippen molar-refractivity contribution in [2.24, 2.45) is 0 Å². The Balaban J connectivity index is 1.95. The topological polar surface area (TPSA) is 88.1 Å². The highest BCUT2D eigenvalue weighted by atomic mass is 19.1. The lowest BCUT2D eigenvalue weighted by atomic mass is 9.91. The number of rotatable bonds is 5. The van der Waals surface area contributed by atoms with E-state index in [1.54, 1.807) is 26.8 Å². The third kappa shape index (κ3) is 4.75. The maximum absolute atomic E-state index is 14.1. The number of nitrogens with one attached hydrogen (secondary N) is 1. The minimum absolute atomic E-state index is 0.0333. The van der Waals surface area contributed by atoms with Gasteiger partial charge in [-0.3, -0.25) is 4.79 Å². The van der Waals surface area contributed by atoms with Gasteiger partial charge in [-0.05, 0) is 33.8 Å². The van der Waals surface area contributed by atoms with Crippen LogP contribution in [0.15, 0.2) is 24.3 Å². The van der Waals surface area contributed by atoms with Crippen molar-refractivity contribution in [3.63, 3.8) is 0 Å². The molecule has 0 spiro atoms. The Morgan fingerprint density at radius 1 is 1.26 bits per heavy atom. The average molecular weight is 382 g/mol. The number of carbonyl (C=O) groups excluding carboxylic acids is 2. The van der Waals surface area contributed by atoms with Gasteiger partial charge in [0.2, 0.25) is 0 Å². The molecule has 1 heterocycles. The number of hydrogen-bond acceptors (Lipinski definition) is 5. The second-order valence-electron chi connectivity index (χ2n) is 7.96. The third-order valence-electron chi connectivity index (χ3n) is 4.43. The molecule has 2 amide bonds. The molecule has 2 N–H and O–H groups in total. The van der Waals surface area contributed by atoms with Crippen LogP contribution in [0.4, 0.5) is 9.18 Å². The molecule has 0 saturated carbocycles. The van der Waals surface area contributed by atoms with Gasteiger partial charge < -0.3 is 24.8 Å². The fourth-order valence-corrected chi connectivity index (χ4v) is 2.82. The van der Waals surface area contributed by atoms with Gasteiger partial charge in [-0.2, -0.15) is 0 Å². The number of carbonyl (C=O) groups is 2. The first kappa shape index (κ1) is 21.1. The second-order valence-corrected chi connectivity index (χ2v) is 7.96. The molecule has 1 aromatic carbocycles. The van der Waals surface area contributed by atoms with E-state index in [1.807, 2.05) is 0 Å². The quantitative estimate of drug-likeness (QED) is 0.811. The summed E-state index contributed by atoms with van der Waals surface area (Å²) in [5.41, 5.74) is -3.34. The van der Waals surface area contributed by atoms with Gasteiger partial charge in [-0.15, -0.1) is 0 Å². The van der Waals surface area contributed by atoms with E-state index in [2.05, 4.69) is 5.32 Å². The summed E-state index contributed by atoms with van der Waals surface area (Å²) < 4.78 is 24.6. The minimum Gasteiger partial charge on any atom is -0.444 e. The summed E-state index contributed by atoms with van der Waals surface area (Å²) in [5.74, 6) is -1.14. The van der Waals surface area contributed by atoms with E-state index in [1.165, 1.54) is 37.1 Å². The summed E-state index contributed by atoms with van der Waals surface area (Å²) in [4.78, 5) is 25.9. The van der Waals surface area contributed by atoms with Crippen LogP contribution in [-0.4, -0.2) is 60.0 Å². The standard InChI is InChI=1S/C19H27FN2O5/c1-17(2,3)27-16(24)22-11-19(25,12-22)10-21-15(23)18(4,26-5)13-8-6-7-9-14(13)20/h6-9,25H,10-12H2,1-5H3,(H,21,23). The number of likely N-dealkylation sites (tertiary alicyclic amines) is 1. The lowest BCUT2D eigenvalue weighted by Gasteiger charge is -2.46. The van der Waals surface area contributed by atoms with Gasteiger partial charge in [0, 0.05) is 19.2 Å². The zero-order valence-electron chi connectivity index (χ0n) is 16.3. The van der Waals surface area contributed by atoms with Gasteiger partial charge in [0.1, 0.15) is 17.0 Å². The molecule has 27 heavy (non-hydrogen) atoms. The van der Waals surface area contributed by atoms with Crippen molar-refractivity contribution in [1.82, 2.24) is 10.2 Å². The SMILES string of the molecule is COC(C)(C(=O)NCC1(O)CN(C(=O)OC(C)(C)C)C1)c1ccccc1F. The second kappa shape index (κ2) is 7.44. The molecule has 1 atom stereocenters. The molecule has 0 bridgehead atoms. The maximum Gasteiger partial charge on any atom is 0.410 e. The summed E-state index contributed by atoms with van der Waals surface area (Å²) in [5, 5.41) is 13.1. The predicted octanol–water partition coefficient (Wildman–Crippen LogP) is 1.79. The number of ether oxygens (including phenoxy) is 2. The highest BCUT2D eigenvalue weighted by Gasteiger charge is 2.46. The number of aliphatic hydroxyl groups is 1. The summed E-state index contributed by atoms with van der Waals surface area (Å²) in [6.07, 6.45) is -0.522. The zero-order chi connectivity index (χ0) is 20.5. The monoisotopic (exact) mass is 382 g/mol. The van der Waals surface area contributed by atoms with Crippen LogP contribution < -0.4 is 5.32 Å². The summed E-state index contributed by atoms with van der Waals surface area (Å²) in [6, 6.07) is 5.86. The Hall–Kier alpha value is -2.19. The summed E-state index contributed by atoms with van der Waals surface area (Å²) in [7, 11) is 1.31. The van der Waals surface area contributed by atoms with Crippen molar-refractivity contribution in [3.8, 4) is 0 Å². The van der Waals surface area contributed by atoms with E-state index in [-0.39, 0.29) is 25.2 Å². The zero-order valence-corrected chi connectivity index (χ0v) is 16.3. The third-order valence-corrected chi connectivity index (χ3v) is 4.43. The van der Waals surface area contributed by atoms with Crippen molar-refractivity contribution in [1.29, 1.82) is 0 Å². The molecular formula is C19H27FN2O5. The molecule has 0 aliphatic carbocycles. The Morgan fingerprint density at radius 2 is 1.85 bits per heavy atom. The van der Waals surface area contributed by atoms with Gasteiger partial charge in [0.15, 0.2) is 5.60 Å². The van der Waals surface area contributed by atoms with Crippen LogP contribution in [0.3, 0.4) is 0 Å². The molecule has 0 radical (unpaired) electrons. The van der Waals surface area contributed by atoms with Gasteiger partial charge >= 0.3 is 6.09 Å². The van der Waals surface area contributed by atoms with Gasteiger partial charge in [0.05, 0.1) is 13.1 Å². The number of β-amino-alcohol motifs (C(OH)–C–C–N with tert-alkyl or cyclic N) is 1. The molecule has 0 aromatic heterocycles. The smallest absolute Gasteiger partial charge is 0.410 e. The Bertz CT molecular complexity index is 712. The summed E-state index contributed by atoms with van der Waals surface area (Å²) >= 11 is 0. The first-order chi connectivity index (χ1) is 12.4. The van der Waals surface area contributed by atoms with Gasteiger partial charge in [-0.1, -0.05) is 18.2 Å². The molecule has 1 fully saturated rings. The number of halogens is 1. The molecular weight excluding hydrogens is 355 g/mol. The van der Waals surface area contributed by atoms with Crippen LogP contribution in [-0.2, 0) is 19.9 Å². The minimum atomic E-state index is -1.55. The van der Waals surface area contributed by atoms with Crippen molar-refractivity contribution in [2.45, 2.75) is 44.5 Å². The fraction of sp³-hybridized carbons (Fsp3) is 0.579. The molecule has 150 valence electrons. The van der Waals surface area contributed by atoms with Crippen LogP contribution in [0.1, 0.15) is 33.3 Å². The number of benzene rings is 1. The predicted molar refractivity (Wildman–Crippen MR) is 96.5 cm³/mol. The molecule has 1 aliphatic rings. The summed E-state index contributed by atoms with van der Waals surface area (Å²) in [6.45, 7) is 6.69. The van der Waals surface area contributed by atoms with E-state index in [0.717, 1.165) is 0 Å². The number of amides is 2. The maximum atomic E-state index is 14.1. The van der Waals surface area contributed by atoms with Crippen molar-refractivity contribution >= 4 is 12.0 Å². The van der Waals surface area contributed by atoms with Crippen LogP contribution >= 0.6 is 0 Å². The highest BCUT2D eigenvalue weighted by Crippen LogP contribution is 2.28. The first-order valence-electron chi connectivity index (χ1n) is 8.69.